The summed E-state index contributed by atoms with van der Waals surface area (Å²) < 4.78 is 6.67. The highest BCUT2D eigenvalue weighted by Gasteiger charge is 2.18. The van der Waals surface area contributed by atoms with Gasteiger partial charge >= 0.3 is 0 Å². The van der Waals surface area contributed by atoms with Gasteiger partial charge in [-0.15, -0.1) is 0 Å². The molecule has 3 aromatic rings. The molecule has 0 saturated heterocycles. The molecule has 23 heavy (non-hydrogen) atoms. The van der Waals surface area contributed by atoms with Crippen molar-refractivity contribution < 1.29 is 9.21 Å². The lowest BCUT2D eigenvalue weighted by Gasteiger charge is -2.15. The second-order valence-electron chi connectivity index (χ2n) is 5.12. The van der Waals surface area contributed by atoms with E-state index >= 15 is 0 Å². The van der Waals surface area contributed by atoms with E-state index in [9.17, 15) is 9.59 Å². The molecule has 2 heterocycles. The largest absolute Gasteiger partial charge is 0.467 e. The Labute approximate surface area is 136 Å². The van der Waals surface area contributed by atoms with Crippen LogP contribution < -0.4 is 10.9 Å². The minimum atomic E-state index is -0.731. The van der Waals surface area contributed by atoms with Gasteiger partial charge < -0.3 is 14.7 Å². The number of aromatic nitrogens is 2. The van der Waals surface area contributed by atoms with Crippen molar-refractivity contribution in [2.24, 2.45) is 0 Å². The number of benzene rings is 1. The molecular weight excluding hydrogens is 314 g/mol. The summed E-state index contributed by atoms with van der Waals surface area (Å²) in [4.78, 5) is 27.9. The van der Waals surface area contributed by atoms with Crippen molar-refractivity contribution in [2.75, 3.05) is 0 Å². The second-order valence-corrected chi connectivity index (χ2v) is 5.51. The molecule has 6 nitrogen and oxygen atoms in total. The number of H-pyrrole nitrogens is 1. The number of aromatic amines is 1. The second kappa shape index (κ2) is 6.21. The Kier molecular flexibility index (Phi) is 4.12. The van der Waals surface area contributed by atoms with Gasteiger partial charge in [0.25, 0.3) is 5.56 Å². The molecule has 2 aromatic heterocycles. The molecule has 0 fully saturated rings. The molecule has 0 radical (unpaired) electrons. The molecule has 0 saturated carbocycles. The molecule has 0 aliphatic rings. The normalized spacial score (nSPS) is 12.2. The fraction of sp³-hybridized carbons (Fsp3) is 0.188. The van der Waals surface area contributed by atoms with E-state index in [1.54, 1.807) is 37.3 Å². The van der Waals surface area contributed by atoms with Gasteiger partial charge in [0.05, 0.1) is 23.7 Å². The number of hydrogen-bond donors (Lipinski definition) is 2. The predicted octanol–water partition coefficient (Wildman–Crippen LogP) is 2.53. The van der Waals surface area contributed by atoms with Crippen molar-refractivity contribution >= 4 is 29.0 Å². The van der Waals surface area contributed by atoms with E-state index in [4.69, 9.17) is 16.6 Å². The standard InChI is InChI=1S/C16H15N3O3S/c1-10(14(20)17-9-11-5-4-8-22-11)19-15(21)12-6-2-3-7-13(12)18-16(19)23/h2-8,10H,9H2,1H3,(H,17,20)(H,18,23). The highest BCUT2D eigenvalue weighted by atomic mass is 32.1. The molecule has 3 rings (SSSR count). The van der Waals surface area contributed by atoms with Crippen LogP contribution >= 0.6 is 12.2 Å². The Hall–Kier alpha value is -2.67. The number of carbonyl (C=O) groups is 1. The van der Waals surface area contributed by atoms with Crippen LogP contribution in [0.1, 0.15) is 18.7 Å². The van der Waals surface area contributed by atoms with Crippen LogP contribution in [0, 0.1) is 4.77 Å². The molecule has 0 bridgehead atoms. The fourth-order valence-electron chi connectivity index (χ4n) is 2.38. The van der Waals surface area contributed by atoms with Crippen LogP contribution in [-0.4, -0.2) is 15.5 Å². The molecule has 118 valence electrons. The average molecular weight is 329 g/mol. The number of nitrogens with one attached hydrogen (secondary N) is 2. The fourth-order valence-corrected chi connectivity index (χ4v) is 2.73. The highest BCUT2D eigenvalue weighted by molar-refractivity contribution is 7.71. The van der Waals surface area contributed by atoms with Gasteiger partial charge in [-0.2, -0.15) is 0 Å². The topological polar surface area (TPSA) is 80.0 Å². The van der Waals surface area contributed by atoms with Gasteiger partial charge in [-0.25, -0.2) is 0 Å². The van der Waals surface area contributed by atoms with E-state index < -0.39 is 6.04 Å². The van der Waals surface area contributed by atoms with Crippen molar-refractivity contribution in [2.45, 2.75) is 19.5 Å². The monoisotopic (exact) mass is 329 g/mol. The number of furan rings is 1. The van der Waals surface area contributed by atoms with Crippen molar-refractivity contribution in [1.82, 2.24) is 14.9 Å². The number of fused-ring (bicyclic) bond motifs is 1. The molecule has 1 atom stereocenters. The SMILES string of the molecule is CC(C(=O)NCc1ccco1)n1c(=S)[nH]c2ccccc2c1=O. The third-order valence-electron chi connectivity index (χ3n) is 3.62. The first-order valence-electron chi connectivity index (χ1n) is 7.11. The van der Waals surface area contributed by atoms with Crippen molar-refractivity contribution in [3.63, 3.8) is 0 Å². The summed E-state index contributed by atoms with van der Waals surface area (Å²) in [5.41, 5.74) is 0.368. The van der Waals surface area contributed by atoms with Crippen LogP contribution in [0.25, 0.3) is 10.9 Å². The van der Waals surface area contributed by atoms with Crippen molar-refractivity contribution in [3.8, 4) is 0 Å². The van der Waals surface area contributed by atoms with Crippen LogP contribution in [0.5, 0.6) is 0 Å². The zero-order chi connectivity index (χ0) is 16.4. The molecule has 1 amide bonds. The van der Waals surface area contributed by atoms with E-state index in [2.05, 4.69) is 10.3 Å². The quantitative estimate of drug-likeness (QED) is 0.721. The first-order valence-corrected chi connectivity index (χ1v) is 7.52. The van der Waals surface area contributed by atoms with Crippen molar-refractivity contribution in [1.29, 1.82) is 0 Å². The lowest BCUT2D eigenvalue weighted by atomic mass is 10.2. The Morgan fingerprint density at radius 2 is 2.13 bits per heavy atom. The maximum absolute atomic E-state index is 12.6. The Balaban J connectivity index is 1.91. The summed E-state index contributed by atoms with van der Waals surface area (Å²) in [6, 6.07) is 9.84. The zero-order valence-electron chi connectivity index (χ0n) is 12.4. The average Bonchev–Trinajstić information content (AvgIpc) is 3.06. The molecule has 1 aromatic carbocycles. The minimum Gasteiger partial charge on any atom is -0.467 e. The van der Waals surface area contributed by atoms with Gasteiger partial charge in [0.2, 0.25) is 5.91 Å². The lowest BCUT2D eigenvalue weighted by molar-refractivity contribution is -0.124. The van der Waals surface area contributed by atoms with Gasteiger partial charge in [-0.3, -0.25) is 14.2 Å². The Morgan fingerprint density at radius 1 is 1.35 bits per heavy atom. The van der Waals surface area contributed by atoms with E-state index in [1.807, 2.05) is 6.07 Å². The molecule has 1 unspecified atom stereocenters. The smallest absolute Gasteiger partial charge is 0.262 e. The van der Waals surface area contributed by atoms with Gasteiger partial charge in [-0.1, -0.05) is 12.1 Å². The predicted molar refractivity (Wildman–Crippen MR) is 88.7 cm³/mol. The summed E-state index contributed by atoms with van der Waals surface area (Å²) in [6.45, 7) is 1.90. The summed E-state index contributed by atoms with van der Waals surface area (Å²) >= 11 is 5.24. The lowest BCUT2D eigenvalue weighted by Crippen LogP contribution is -2.36. The van der Waals surface area contributed by atoms with Crippen molar-refractivity contribution in [3.05, 3.63) is 63.5 Å². The van der Waals surface area contributed by atoms with Crippen LogP contribution in [0.4, 0.5) is 0 Å². The van der Waals surface area contributed by atoms with Gasteiger partial charge in [0, 0.05) is 0 Å². The minimum absolute atomic E-state index is 0.217. The summed E-state index contributed by atoms with van der Waals surface area (Å²) in [7, 11) is 0. The summed E-state index contributed by atoms with van der Waals surface area (Å²) in [5.74, 6) is 0.333. The van der Waals surface area contributed by atoms with E-state index in [0.29, 0.717) is 16.7 Å². The molecule has 2 N–H and O–H groups in total. The molecule has 0 aliphatic carbocycles. The summed E-state index contributed by atoms with van der Waals surface area (Å²) in [6.07, 6.45) is 1.54. The maximum Gasteiger partial charge on any atom is 0.262 e. The van der Waals surface area contributed by atoms with E-state index in [-0.39, 0.29) is 22.8 Å². The van der Waals surface area contributed by atoms with Gasteiger partial charge in [0.15, 0.2) is 4.77 Å². The number of amides is 1. The van der Waals surface area contributed by atoms with Gasteiger partial charge in [-0.05, 0) is 43.4 Å². The first-order chi connectivity index (χ1) is 11.1. The number of nitrogens with zero attached hydrogens (tertiary/aromatic N) is 1. The van der Waals surface area contributed by atoms with E-state index in [1.165, 1.54) is 10.8 Å². The van der Waals surface area contributed by atoms with Crippen LogP contribution in [0.3, 0.4) is 0 Å². The molecule has 7 heteroatoms. The third-order valence-corrected chi connectivity index (χ3v) is 3.92. The number of rotatable bonds is 4. The summed E-state index contributed by atoms with van der Waals surface area (Å²) in [5, 5.41) is 3.23. The number of hydrogen-bond acceptors (Lipinski definition) is 4. The Bertz CT molecular complexity index is 957. The number of para-hydroxylation sites is 1. The Morgan fingerprint density at radius 3 is 2.87 bits per heavy atom. The number of carbonyl (C=O) groups excluding carboxylic acids is 1. The third kappa shape index (κ3) is 2.95. The first kappa shape index (κ1) is 15.2. The highest BCUT2D eigenvalue weighted by Crippen LogP contribution is 2.10. The molecule has 0 spiro atoms. The van der Waals surface area contributed by atoms with Crippen LogP contribution in [-0.2, 0) is 11.3 Å². The zero-order valence-corrected chi connectivity index (χ0v) is 13.2. The van der Waals surface area contributed by atoms with Crippen LogP contribution in [0.15, 0.2) is 51.9 Å². The van der Waals surface area contributed by atoms with E-state index in [0.717, 1.165) is 0 Å². The maximum atomic E-state index is 12.6. The van der Waals surface area contributed by atoms with Crippen LogP contribution in [0.2, 0.25) is 0 Å². The van der Waals surface area contributed by atoms with Gasteiger partial charge in [0.1, 0.15) is 11.8 Å². The molecule has 0 aliphatic heterocycles. The molecular formula is C16H15N3O3S.